The van der Waals surface area contributed by atoms with Crippen molar-refractivity contribution < 1.29 is 33.6 Å². The van der Waals surface area contributed by atoms with E-state index in [0.29, 0.717) is 29.5 Å². The van der Waals surface area contributed by atoms with Gasteiger partial charge in [-0.2, -0.15) is 0 Å². The van der Waals surface area contributed by atoms with Crippen molar-refractivity contribution >= 4 is 23.5 Å². The molecule has 8 nitrogen and oxygen atoms in total. The number of ether oxygens (including phenoxy) is 4. The maximum atomic E-state index is 13.5. The second-order valence-electron chi connectivity index (χ2n) is 12.4. The molecular formula is C34H44ClNO7. The number of carbonyl (C=O) groups is 2. The van der Waals surface area contributed by atoms with E-state index >= 15 is 0 Å². The summed E-state index contributed by atoms with van der Waals surface area (Å²) < 4.78 is 23.4. The fraction of sp³-hybridized carbons (Fsp3) is 0.588. The van der Waals surface area contributed by atoms with Gasteiger partial charge in [-0.3, -0.25) is 0 Å². The lowest BCUT2D eigenvalue weighted by Crippen LogP contribution is -2.56. The molecule has 0 spiro atoms. The lowest BCUT2D eigenvalue weighted by molar-refractivity contribution is -0.204. The van der Waals surface area contributed by atoms with Crippen LogP contribution in [-0.2, 0) is 25.5 Å². The predicted octanol–water partition coefficient (Wildman–Crippen LogP) is 6.31. The molecule has 2 atom stereocenters. The Kier molecular flexibility index (Phi) is 10.9. The van der Waals surface area contributed by atoms with Gasteiger partial charge in [0.1, 0.15) is 0 Å². The molecule has 0 bridgehead atoms. The van der Waals surface area contributed by atoms with Crippen LogP contribution >= 0.6 is 11.6 Å². The van der Waals surface area contributed by atoms with E-state index in [1.54, 1.807) is 24.3 Å². The zero-order valence-electron chi connectivity index (χ0n) is 25.0. The zero-order valence-corrected chi connectivity index (χ0v) is 25.8. The Balaban J connectivity index is 1.23. The summed E-state index contributed by atoms with van der Waals surface area (Å²) in [6.45, 7) is 2.84. The minimum atomic E-state index is -2.31. The van der Waals surface area contributed by atoms with Crippen molar-refractivity contribution in [3.8, 4) is 11.5 Å². The molecule has 1 heterocycles. The van der Waals surface area contributed by atoms with Crippen molar-refractivity contribution in [2.75, 3.05) is 19.8 Å². The van der Waals surface area contributed by atoms with Crippen molar-refractivity contribution in [3.63, 3.8) is 0 Å². The number of aliphatic hydroxyl groups is 1. The molecule has 2 aromatic rings. The van der Waals surface area contributed by atoms with Crippen molar-refractivity contribution in [1.82, 2.24) is 5.32 Å². The number of benzene rings is 2. The van der Waals surface area contributed by atoms with E-state index in [2.05, 4.69) is 5.32 Å². The largest absolute Gasteiger partial charge is 0.459 e. The van der Waals surface area contributed by atoms with Gasteiger partial charge in [-0.05, 0) is 86.3 Å². The van der Waals surface area contributed by atoms with Crippen LogP contribution in [0.1, 0.15) is 88.4 Å². The number of esters is 2. The van der Waals surface area contributed by atoms with Crippen molar-refractivity contribution in [2.45, 2.75) is 95.5 Å². The predicted molar refractivity (Wildman–Crippen MR) is 163 cm³/mol. The summed E-state index contributed by atoms with van der Waals surface area (Å²) in [7, 11) is 0. The first-order valence-corrected chi connectivity index (χ1v) is 16.2. The van der Waals surface area contributed by atoms with Crippen LogP contribution in [0.5, 0.6) is 11.5 Å². The van der Waals surface area contributed by atoms with Crippen LogP contribution in [-0.4, -0.2) is 48.6 Å². The maximum Gasteiger partial charge on any atom is 0.453 e. The number of hydrogen-bond donors (Lipinski definition) is 2. The van der Waals surface area contributed by atoms with Crippen LogP contribution in [0, 0.1) is 11.8 Å². The van der Waals surface area contributed by atoms with Gasteiger partial charge in [-0.1, -0.05) is 68.3 Å². The summed E-state index contributed by atoms with van der Waals surface area (Å²) in [6.07, 6.45) is 10.8. The van der Waals surface area contributed by atoms with Crippen LogP contribution < -0.4 is 14.8 Å². The first-order chi connectivity index (χ1) is 20.8. The molecule has 234 valence electrons. The summed E-state index contributed by atoms with van der Waals surface area (Å²) >= 11 is 6.06. The molecule has 5 rings (SSSR count). The number of halogens is 1. The third kappa shape index (κ3) is 8.22. The number of rotatable bonds is 12. The summed E-state index contributed by atoms with van der Waals surface area (Å²) in [5, 5.41) is 14.5. The Morgan fingerprint density at radius 2 is 1.51 bits per heavy atom. The lowest BCUT2D eigenvalue weighted by atomic mass is 9.90. The highest BCUT2D eigenvalue weighted by atomic mass is 35.5. The molecule has 0 amide bonds. The summed E-state index contributed by atoms with van der Waals surface area (Å²) in [5.41, 5.74) is 1.67. The van der Waals surface area contributed by atoms with Crippen LogP contribution in [0.3, 0.4) is 0 Å². The smallest absolute Gasteiger partial charge is 0.453 e. The van der Waals surface area contributed by atoms with Gasteiger partial charge >= 0.3 is 17.7 Å². The van der Waals surface area contributed by atoms with E-state index in [4.69, 9.17) is 30.5 Å². The van der Waals surface area contributed by atoms with E-state index < -0.39 is 23.8 Å². The molecule has 0 aromatic heterocycles. The molecule has 0 unspecified atom stereocenters. The van der Waals surface area contributed by atoms with Crippen LogP contribution in [0.15, 0.2) is 42.5 Å². The van der Waals surface area contributed by atoms with Crippen LogP contribution in [0.25, 0.3) is 0 Å². The molecule has 2 saturated carbocycles. The highest BCUT2D eigenvalue weighted by molar-refractivity contribution is 6.30. The molecule has 3 aliphatic rings. The van der Waals surface area contributed by atoms with Gasteiger partial charge in [0.15, 0.2) is 11.5 Å². The molecule has 2 fully saturated rings. The minimum absolute atomic E-state index is 0.0138. The molecule has 43 heavy (non-hydrogen) atoms. The zero-order chi connectivity index (χ0) is 30.2. The topological polar surface area (TPSA) is 103 Å². The average molecular weight is 614 g/mol. The quantitative estimate of drug-likeness (QED) is 0.212. The highest BCUT2D eigenvalue weighted by Crippen LogP contribution is 2.42. The van der Waals surface area contributed by atoms with E-state index in [1.165, 1.54) is 12.8 Å². The van der Waals surface area contributed by atoms with Gasteiger partial charge in [0.25, 0.3) is 0 Å². The molecule has 9 heteroatoms. The Bertz CT molecular complexity index is 1210. The van der Waals surface area contributed by atoms with E-state index in [-0.39, 0.29) is 31.1 Å². The third-order valence-electron chi connectivity index (χ3n) is 8.84. The molecular weight excluding hydrogens is 570 g/mol. The normalized spacial score (nSPS) is 19.9. The van der Waals surface area contributed by atoms with Crippen LogP contribution in [0.4, 0.5) is 0 Å². The van der Waals surface area contributed by atoms with Crippen LogP contribution in [0.2, 0.25) is 5.02 Å². The number of aliphatic hydroxyl groups excluding tert-OH is 1. The monoisotopic (exact) mass is 613 g/mol. The maximum absolute atomic E-state index is 13.5. The summed E-state index contributed by atoms with van der Waals surface area (Å²) in [6, 6.07) is 12.6. The summed E-state index contributed by atoms with van der Waals surface area (Å²) in [4.78, 5) is 27.0. The van der Waals surface area contributed by atoms with E-state index in [1.807, 2.05) is 25.1 Å². The van der Waals surface area contributed by atoms with Gasteiger partial charge in [0.2, 0.25) is 0 Å². The van der Waals surface area contributed by atoms with E-state index in [0.717, 1.165) is 62.5 Å². The second kappa shape index (κ2) is 14.8. The van der Waals surface area contributed by atoms with Gasteiger partial charge in [0.05, 0.1) is 19.3 Å². The van der Waals surface area contributed by atoms with Gasteiger partial charge in [-0.25, -0.2) is 9.59 Å². The van der Waals surface area contributed by atoms with Crippen molar-refractivity contribution in [3.05, 3.63) is 58.6 Å². The first kappa shape index (κ1) is 31.6. The highest BCUT2D eigenvalue weighted by Gasteiger charge is 2.60. The first-order valence-electron chi connectivity index (χ1n) is 15.8. The Labute approximate surface area is 259 Å². The Morgan fingerprint density at radius 3 is 2.12 bits per heavy atom. The summed E-state index contributed by atoms with van der Waals surface area (Å²) in [5.74, 6) is -2.90. The molecule has 0 radical (unpaired) electrons. The average Bonchev–Trinajstić information content (AvgIpc) is 3.42. The molecule has 2 N–H and O–H groups in total. The Morgan fingerprint density at radius 1 is 0.907 bits per heavy atom. The number of fused-ring (bicyclic) bond motifs is 1. The van der Waals surface area contributed by atoms with Crippen molar-refractivity contribution in [2.24, 2.45) is 11.8 Å². The van der Waals surface area contributed by atoms with E-state index in [9.17, 15) is 14.7 Å². The van der Waals surface area contributed by atoms with Gasteiger partial charge in [-0.15, -0.1) is 0 Å². The molecule has 2 aliphatic carbocycles. The number of hydrogen-bond acceptors (Lipinski definition) is 8. The Hall–Kier alpha value is -2.81. The number of nitrogens with one attached hydrogen (secondary N) is 1. The van der Waals surface area contributed by atoms with Gasteiger partial charge in [0, 0.05) is 17.6 Å². The second-order valence-corrected chi connectivity index (χ2v) is 12.8. The number of carbonyl (C=O) groups excluding carboxylic acids is 2. The third-order valence-corrected chi connectivity index (χ3v) is 9.07. The lowest BCUT2D eigenvalue weighted by Gasteiger charge is -2.27. The van der Waals surface area contributed by atoms with Gasteiger partial charge < -0.3 is 29.4 Å². The minimum Gasteiger partial charge on any atom is -0.459 e. The molecule has 0 saturated heterocycles. The molecule has 1 aliphatic heterocycles. The SMILES string of the molecule is C[C@H](Cc1ccc2c(c1)OC(C(=O)OCC1CCCCC1)(C(=O)OCC1CCCCC1)O2)NC[C@H](O)c1cccc(Cl)c1. The van der Waals surface area contributed by atoms with Crippen molar-refractivity contribution in [1.29, 1.82) is 0 Å². The molecule has 2 aromatic carbocycles. The fourth-order valence-electron chi connectivity index (χ4n) is 6.28. The fourth-order valence-corrected chi connectivity index (χ4v) is 6.48. The standard InChI is InChI=1S/C34H44ClNO7/c1-23(36-20-29(37)27-13-8-14-28(35)19-27)17-26-15-16-30-31(18-26)43-34(42-30,32(38)40-21-24-9-4-2-5-10-24)33(39)41-22-25-11-6-3-7-12-25/h8,13-16,18-19,23-25,29,36-37H,2-7,9-12,17,20-22H2,1H3/t23-,29+/m1/s1.